The van der Waals surface area contributed by atoms with Crippen molar-refractivity contribution in [3.63, 3.8) is 0 Å². The Bertz CT molecular complexity index is 403. The number of rotatable bonds is 6. The summed E-state index contributed by atoms with van der Waals surface area (Å²) in [5, 5.41) is 0. The second-order valence-electron chi connectivity index (χ2n) is 5.36. The molecule has 1 aromatic rings. The van der Waals surface area contributed by atoms with E-state index in [1.165, 1.54) is 16.7 Å². The number of ether oxygens (including phenoxy) is 3. The summed E-state index contributed by atoms with van der Waals surface area (Å²) >= 11 is 0. The van der Waals surface area contributed by atoms with Crippen LogP contribution in [0.2, 0.25) is 0 Å². The first-order chi connectivity index (χ1) is 9.19. The molecule has 0 aliphatic carbocycles. The summed E-state index contributed by atoms with van der Waals surface area (Å²) in [6.07, 6.45) is 2.62. The molecule has 0 spiro atoms. The van der Waals surface area contributed by atoms with Crippen molar-refractivity contribution in [3.05, 3.63) is 34.9 Å². The fraction of sp³-hybridized carbons (Fsp3) is 0.625. The first-order valence-corrected chi connectivity index (χ1v) is 6.97. The zero-order valence-electron chi connectivity index (χ0n) is 12.1. The summed E-state index contributed by atoms with van der Waals surface area (Å²) in [6.45, 7) is 6.27. The number of hydrogen-bond acceptors (Lipinski definition) is 3. The minimum atomic E-state index is 0.228. The van der Waals surface area contributed by atoms with E-state index in [1.54, 1.807) is 7.11 Å². The average Bonchev–Trinajstić information content (AvgIpc) is 2.80. The topological polar surface area (TPSA) is 27.7 Å². The van der Waals surface area contributed by atoms with Crippen LogP contribution in [-0.2, 0) is 20.8 Å². The van der Waals surface area contributed by atoms with Gasteiger partial charge in [-0.05, 0) is 37.8 Å². The predicted molar refractivity (Wildman–Crippen MR) is 75.3 cm³/mol. The van der Waals surface area contributed by atoms with E-state index in [0.717, 1.165) is 12.8 Å². The zero-order chi connectivity index (χ0) is 13.7. The molecular weight excluding hydrogens is 240 g/mol. The number of methoxy groups -OCH3 is 1. The Labute approximate surface area is 115 Å². The molecule has 0 radical (unpaired) electrons. The predicted octanol–water partition coefficient (Wildman–Crippen LogP) is 3.01. The third-order valence-corrected chi connectivity index (χ3v) is 3.61. The highest BCUT2D eigenvalue weighted by atomic mass is 16.6. The Morgan fingerprint density at radius 3 is 2.58 bits per heavy atom. The van der Waals surface area contributed by atoms with Crippen LogP contribution in [0.4, 0.5) is 0 Å². The zero-order valence-corrected chi connectivity index (χ0v) is 12.1. The van der Waals surface area contributed by atoms with Crippen LogP contribution in [0.3, 0.4) is 0 Å². The number of benzene rings is 1. The molecule has 2 rings (SSSR count). The normalized spacial score (nSPS) is 22.9. The van der Waals surface area contributed by atoms with Crippen LogP contribution in [0.15, 0.2) is 18.2 Å². The van der Waals surface area contributed by atoms with Crippen molar-refractivity contribution in [2.75, 3.05) is 20.3 Å². The van der Waals surface area contributed by atoms with Gasteiger partial charge in [0.2, 0.25) is 0 Å². The van der Waals surface area contributed by atoms with Crippen molar-refractivity contribution >= 4 is 0 Å². The summed E-state index contributed by atoms with van der Waals surface area (Å²) < 4.78 is 16.7. The highest BCUT2D eigenvalue weighted by Gasteiger charge is 2.25. The molecule has 1 fully saturated rings. The largest absolute Gasteiger partial charge is 0.382 e. The Hall–Kier alpha value is -0.900. The lowest BCUT2D eigenvalue weighted by molar-refractivity contribution is -0.0414. The van der Waals surface area contributed by atoms with Crippen LogP contribution in [0, 0.1) is 13.8 Å². The van der Waals surface area contributed by atoms with Gasteiger partial charge in [-0.25, -0.2) is 0 Å². The van der Waals surface area contributed by atoms with Gasteiger partial charge in [0, 0.05) is 7.11 Å². The van der Waals surface area contributed by atoms with Gasteiger partial charge in [0.25, 0.3) is 0 Å². The molecule has 0 amide bonds. The van der Waals surface area contributed by atoms with Crippen LogP contribution >= 0.6 is 0 Å². The van der Waals surface area contributed by atoms with E-state index in [2.05, 4.69) is 32.0 Å². The highest BCUT2D eigenvalue weighted by Crippen LogP contribution is 2.20. The molecule has 1 aliphatic rings. The molecular formula is C16H24O3. The summed E-state index contributed by atoms with van der Waals surface area (Å²) in [6, 6.07) is 6.47. The second kappa shape index (κ2) is 7.04. The quantitative estimate of drug-likeness (QED) is 0.790. The molecule has 19 heavy (non-hydrogen) atoms. The Morgan fingerprint density at radius 2 is 1.89 bits per heavy atom. The average molecular weight is 264 g/mol. The van der Waals surface area contributed by atoms with Crippen LogP contribution < -0.4 is 0 Å². The van der Waals surface area contributed by atoms with Gasteiger partial charge in [0.15, 0.2) is 0 Å². The summed E-state index contributed by atoms with van der Waals surface area (Å²) in [7, 11) is 1.72. The van der Waals surface area contributed by atoms with Crippen LogP contribution in [-0.4, -0.2) is 32.5 Å². The molecule has 1 aliphatic heterocycles. The van der Waals surface area contributed by atoms with Crippen LogP contribution in [0.5, 0.6) is 0 Å². The molecule has 1 aromatic carbocycles. The number of aryl methyl sites for hydroxylation is 2. The van der Waals surface area contributed by atoms with Gasteiger partial charge in [-0.3, -0.25) is 0 Å². The van der Waals surface area contributed by atoms with Gasteiger partial charge >= 0.3 is 0 Å². The van der Waals surface area contributed by atoms with Crippen LogP contribution in [0.25, 0.3) is 0 Å². The fourth-order valence-corrected chi connectivity index (χ4v) is 2.52. The summed E-state index contributed by atoms with van der Waals surface area (Å²) in [5.74, 6) is 0. The van der Waals surface area contributed by atoms with Crippen molar-refractivity contribution in [2.24, 2.45) is 0 Å². The van der Waals surface area contributed by atoms with Gasteiger partial charge in [0.05, 0.1) is 32.0 Å². The first-order valence-electron chi connectivity index (χ1n) is 6.97. The molecule has 106 valence electrons. The summed E-state index contributed by atoms with van der Waals surface area (Å²) in [5.41, 5.74) is 3.85. The molecule has 1 saturated heterocycles. The maximum atomic E-state index is 5.84. The lowest BCUT2D eigenvalue weighted by Gasteiger charge is -2.14. The standard InChI is InChI=1S/C16H24O3/c1-12-4-5-14(13(2)8-12)9-18-11-16-7-6-15(19-16)10-17-3/h4-5,8,15-16H,6-7,9-11H2,1-3H3. The van der Waals surface area contributed by atoms with Crippen LogP contribution in [0.1, 0.15) is 29.5 Å². The molecule has 3 nitrogen and oxygen atoms in total. The maximum Gasteiger partial charge on any atom is 0.0814 e. The third-order valence-electron chi connectivity index (χ3n) is 3.61. The van der Waals surface area contributed by atoms with Crippen molar-refractivity contribution in [1.82, 2.24) is 0 Å². The van der Waals surface area contributed by atoms with Crippen molar-refractivity contribution < 1.29 is 14.2 Å². The van der Waals surface area contributed by atoms with E-state index >= 15 is 0 Å². The fourth-order valence-electron chi connectivity index (χ4n) is 2.52. The van der Waals surface area contributed by atoms with E-state index < -0.39 is 0 Å². The third kappa shape index (κ3) is 4.30. The smallest absolute Gasteiger partial charge is 0.0814 e. The van der Waals surface area contributed by atoms with Gasteiger partial charge < -0.3 is 14.2 Å². The second-order valence-corrected chi connectivity index (χ2v) is 5.36. The molecule has 0 saturated carbocycles. The molecule has 0 aromatic heterocycles. The van der Waals surface area contributed by atoms with Crippen molar-refractivity contribution in [3.8, 4) is 0 Å². The van der Waals surface area contributed by atoms with Gasteiger partial charge in [-0.1, -0.05) is 23.8 Å². The molecule has 0 bridgehead atoms. The van der Waals surface area contributed by atoms with E-state index in [4.69, 9.17) is 14.2 Å². The van der Waals surface area contributed by atoms with Crippen molar-refractivity contribution in [1.29, 1.82) is 0 Å². The molecule has 1 heterocycles. The van der Waals surface area contributed by atoms with Gasteiger partial charge in [0.1, 0.15) is 0 Å². The minimum absolute atomic E-state index is 0.228. The van der Waals surface area contributed by atoms with Crippen molar-refractivity contribution in [2.45, 2.75) is 45.5 Å². The SMILES string of the molecule is COCC1CCC(COCc2ccc(C)cc2C)O1. The Kier molecular flexibility index (Phi) is 5.37. The molecule has 2 unspecified atom stereocenters. The van der Waals surface area contributed by atoms with Gasteiger partial charge in [-0.2, -0.15) is 0 Å². The van der Waals surface area contributed by atoms with E-state index in [-0.39, 0.29) is 12.2 Å². The molecule has 2 atom stereocenters. The minimum Gasteiger partial charge on any atom is -0.382 e. The first kappa shape index (κ1) is 14.5. The Morgan fingerprint density at radius 1 is 1.16 bits per heavy atom. The summed E-state index contributed by atoms with van der Waals surface area (Å²) in [4.78, 5) is 0. The molecule has 3 heteroatoms. The Balaban J connectivity index is 1.72. The molecule has 0 N–H and O–H groups in total. The highest BCUT2D eigenvalue weighted by molar-refractivity contribution is 5.29. The van der Waals surface area contributed by atoms with Gasteiger partial charge in [-0.15, -0.1) is 0 Å². The lowest BCUT2D eigenvalue weighted by Crippen LogP contribution is -2.19. The van der Waals surface area contributed by atoms with E-state index in [9.17, 15) is 0 Å². The lowest BCUT2D eigenvalue weighted by atomic mass is 10.1. The van der Waals surface area contributed by atoms with E-state index in [0.29, 0.717) is 19.8 Å². The van der Waals surface area contributed by atoms with E-state index in [1.807, 2.05) is 0 Å². The maximum absolute atomic E-state index is 5.84. The monoisotopic (exact) mass is 264 g/mol. The number of hydrogen-bond donors (Lipinski definition) is 0.